The minimum atomic E-state index is -0.397. The van der Waals surface area contributed by atoms with Crippen LogP contribution in [0, 0.1) is 3.57 Å². The molecule has 1 fully saturated rings. The van der Waals surface area contributed by atoms with Gasteiger partial charge >= 0.3 is 5.97 Å². The summed E-state index contributed by atoms with van der Waals surface area (Å²) < 4.78 is 17.3. The normalized spacial score (nSPS) is 15.9. The second kappa shape index (κ2) is 8.22. The summed E-state index contributed by atoms with van der Waals surface area (Å²) in [6.07, 6.45) is 1.36. The molecule has 4 nitrogen and oxygen atoms in total. The fourth-order valence-electron chi connectivity index (χ4n) is 3.00. The van der Waals surface area contributed by atoms with Crippen LogP contribution in [0.2, 0.25) is 0 Å². The van der Waals surface area contributed by atoms with Gasteiger partial charge in [-0.15, -0.1) is 0 Å². The molecule has 0 N–H and O–H groups in total. The first-order valence-corrected chi connectivity index (χ1v) is 9.59. The van der Waals surface area contributed by atoms with E-state index in [0.717, 1.165) is 9.32 Å². The Morgan fingerprint density at radius 1 is 1.19 bits per heavy atom. The summed E-state index contributed by atoms with van der Waals surface area (Å²) in [6.45, 7) is 5.21. The molecule has 0 radical (unpaired) electrons. The molecule has 1 aliphatic heterocycles. The van der Waals surface area contributed by atoms with Gasteiger partial charge in [-0.1, -0.05) is 36.4 Å². The van der Waals surface area contributed by atoms with Gasteiger partial charge < -0.3 is 14.2 Å². The first-order chi connectivity index (χ1) is 12.5. The Kier molecular flexibility index (Phi) is 5.98. The summed E-state index contributed by atoms with van der Waals surface area (Å²) in [5.41, 5.74) is 2.36. The Morgan fingerprint density at radius 2 is 1.92 bits per heavy atom. The molecule has 2 aromatic rings. The Balaban J connectivity index is 1.83. The lowest BCUT2D eigenvalue weighted by Gasteiger charge is -2.42. The van der Waals surface area contributed by atoms with Crippen LogP contribution in [-0.2, 0) is 19.7 Å². The van der Waals surface area contributed by atoms with Gasteiger partial charge in [0.15, 0.2) is 0 Å². The Hall–Kier alpha value is -1.86. The molecule has 1 heterocycles. The highest BCUT2D eigenvalue weighted by atomic mass is 127. The van der Waals surface area contributed by atoms with E-state index in [9.17, 15) is 4.79 Å². The maximum absolute atomic E-state index is 11.5. The lowest BCUT2D eigenvalue weighted by atomic mass is 9.73. The average molecular weight is 464 g/mol. The van der Waals surface area contributed by atoms with Crippen molar-refractivity contribution >= 4 is 28.6 Å². The van der Waals surface area contributed by atoms with E-state index in [4.69, 9.17) is 14.2 Å². The minimum absolute atomic E-state index is 0.102. The van der Waals surface area contributed by atoms with Crippen molar-refractivity contribution in [3.8, 4) is 5.75 Å². The third-order valence-corrected chi connectivity index (χ3v) is 5.23. The van der Waals surface area contributed by atoms with Gasteiger partial charge in [0.05, 0.1) is 34.9 Å². The topological polar surface area (TPSA) is 44.8 Å². The van der Waals surface area contributed by atoms with E-state index >= 15 is 0 Å². The third kappa shape index (κ3) is 3.94. The van der Waals surface area contributed by atoms with Gasteiger partial charge in [-0.2, -0.15) is 0 Å². The highest BCUT2D eigenvalue weighted by Gasteiger charge is 2.42. The molecular formula is C21H21IO4. The van der Waals surface area contributed by atoms with Crippen LogP contribution in [0.3, 0.4) is 0 Å². The van der Waals surface area contributed by atoms with Crippen LogP contribution in [0.25, 0.3) is 0 Å². The number of benzene rings is 2. The highest BCUT2D eigenvalue weighted by Crippen LogP contribution is 2.40. The number of ether oxygens (including phenoxy) is 3. The number of hydrogen-bond acceptors (Lipinski definition) is 4. The molecule has 26 heavy (non-hydrogen) atoms. The molecule has 0 unspecified atom stereocenters. The number of rotatable bonds is 6. The van der Waals surface area contributed by atoms with E-state index in [1.807, 2.05) is 12.1 Å². The van der Waals surface area contributed by atoms with E-state index in [2.05, 4.69) is 59.0 Å². The largest absolute Gasteiger partial charge is 0.463 e. The van der Waals surface area contributed by atoms with Crippen molar-refractivity contribution in [1.29, 1.82) is 0 Å². The average Bonchev–Trinajstić information content (AvgIpc) is 2.57. The molecule has 0 aliphatic carbocycles. The molecular weight excluding hydrogens is 443 g/mol. The van der Waals surface area contributed by atoms with Gasteiger partial charge in [0.1, 0.15) is 11.5 Å². The van der Waals surface area contributed by atoms with E-state index < -0.39 is 5.97 Å². The third-order valence-electron chi connectivity index (χ3n) is 4.39. The van der Waals surface area contributed by atoms with Gasteiger partial charge in [-0.3, -0.25) is 0 Å². The van der Waals surface area contributed by atoms with Gasteiger partial charge in [0.2, 0.25) is 0 Å². The number of hydrogen-bond donors (Lipinski definition) is 0. The monoisotopic (exact) mass is 464 g/mol. The molecule has 0 spiro atoms. The first-order valence-electron chi connectivity index (χ1n) is 8.51. The second-order valence-corrected chi connectivity index (χ2v) is 7.36. The zero-order valence-electron chi connectivity index (χ0n) is 14.8. The Bertz CT molecular complexity index is 810. The van der Waals surface area contributed by atoms with Crippen molar-refractivity contribution in [2.45, 2.75) is 19.3 Å². The fourth-order valence-corrected chi connectivity index (χ4v) is 3.62. The predicted molar refractivity (Wildman–Crippen MR) is 108 cm³/mol. The number of carbonyl (C=O) groups is 1. The second-order valence-electron chi connectivity index (χ2n) is 6.20. The summed E-state index contributed by atoms with van der Waals surface area (Å²) >= 11 is 2.26. The Labute approximate surface area is 167 Å². The van der Waals surface area contributed by atoms with Crippen LogP contribution in [0.5, 0.6) is 5.75 Å². The molecule has 0 amide bonds. The smallest absolute Gasteiger partial charge is 0.334 e. The van der Waals surface area contributed by atoms with Crippen LogP contribution in [0.15, 0.2) is 60.4 Å². The van der Waals surface area contributed by atoms with E-state index in [1.54, 1.807) is 13.8 Å². The van der Waals surface area contributed by atoms with Gasteiger partial charge in [0.25, 0.3) is 0 Å². The highest BCUT2D eigenvalue weighted by molar-refractivity contribution is 14.1. The van der Waals surface area contributed by atoms with Crippen molar-refractivity contribution in [1.82, 2.24) is 0 Å². The first kappa shape index (κ1) is 18.9. The predicted octanol–water partition coefficient (Wildman–Crippen LogP) is 4.45. The maximum Gasteiger partial charge on any atom is 0.334 e. The quantitative estimate of drug-likeness (QED) is 0.274. The van der Waals surface area contributed by atoms with E-state index in [0.29, 0.717) is 25.6 Å². The van der Waals surface area contributed by atoms with Gasteiger partial charge in [-0.05, 0) is 59.7 Å². The molecule has 136 valence electrons. The summed E-state index contributed by atoms with van der Waals surface area (Å²) in [5.74, 6) is 0.820. The molecule has 2 aromatic carbocycles. The standard InChI is InChI=1S/C21H21IO4/c1-3-25-20(23)11-15(2)26-19-10-9-17(12-18(19)22)21(13-24-14-21)16-7-5-4-6-8-16/h4-12H,3,13-14H2,1-2H3/b15-11+. The summed E-state index contributed by atoms with van der Waals surface area (Å²) in [6, 6.07) is 16.6. The summed E-state index contributed by atoms with van der Waals surface area (Å²) in [4.78, 5) is 11.5. The van der Waals surface area contributed by atoms with Crippen molar-refractivity contribution in [3.63, 3.8) is 0 Å². The summed E-state index contributed by atoms with van der Waals surface area (Å²) in [5, 5.41) is 0. The van der Waals surface area contributed by atoms with E-state index in [-0.39, 0.29) is 5.41 Å². The zero-order chi connectivity index (χ0) is 18.6. The molecule has 5 heteroatoms. The maximum atomic E-state index is 11.5. The van der Waals surface area contributed by atoms with Crippen LogP contribution in [-0.4, -0.2) is 25.8 Å². The van der Waals surface area contributed by atoms with Crippen molar-refractivity contribution < 1.29 is 19.0 Å². The van der Waals surface area contributed by atoms with Crippen molar-refractivity contribution in [3.05, 3.63) is 75.1 Å². The fraction of sp³-hybridized carbons (Fsp3) is 0.286. The molecule has 0 bridgehead atoms. The van der Waals surface area contributed by atoms with Crippen molar-refractivity contribution in [2.24, 2.45) is 0 Å². The van der Waals surface area contributed by atoms with Gasteiger partial charge in [0, 0.05) is 0 Å². The number of esters is 1. The van der Waals surface area contributed by atoms with E-state index in [1.165, 1.54) is 17.2 Å². The number of carbonyl (C=O) groups excluding carboxylic acids is 1. The summed E-state index contributed by atoms with van der Waals surface area (Å²) in [7, 11) is 0. The van der Waals surface area contributed by atoms with Gasteiger partial charge in [-0.25, -0.2) is 4.79 Å². The molecule has 0 aromatic heterocycles. The van der Waals surface area contributed by atoms with Crippen molar-refractivity contribution in [2.75, 3.05) is 19.8 Å². The number of allylic oxidation sites excluding steroid dienone is 1. The lowest BCUT2D eigenvalue weighted by Crippen LogP contribution is -2.47. The van der Waals surface area contributed by atoms with Crippen LogP contribution < -0.4 is 4.74 Å². The number of halogens is 1. The molecule has 1 aliphatic rings. The molecule has 1 saturated heterocycles. The zero-order valence-corrected chi connectivity index (χ0v) is 17.0. The molecule has 3 rings (SSSR count). The SMILES string of the molecule is CCOC(=O)/C=C(\C)Oc1ccc(C2(c3ccccc3)COC2)cc1I. The van der Waals surface area contributed by atoms with Crippen LogP contribution in [0.1, 0.15) is 25.0 Å². The van der Waals surface area contributed by atoms with Crippen LogP contribution >= 0.6 is 22.6 Å². The minimum Gasteiger partial charge on any atom is -0.463 e. The Morgan fingerprint density at radius 3 is 2.50 bits per heavy atom. The lowest BCUT2D eigenvalue weighted by molar-refractivity contribution is -0.137. The molecule has 0 atom stereocenters. The molecule has 0 saturated carbocycles. The van der Waals surface area contributed by atoms with Crippen LogP contribution in [0.4, 0.5) is 0 Å².